The first kappa shape index (κ1) is 12.3. The maximum Gasteiger partial charge on any atom is 0.251 e. The van der Waals surface area contributed by atoms with Crippen molar-refractivity contribution < 1.29 is 4.79 Å². The summed E-state index contributed by atoms with van der Waals surface area (Å²) in [6, 6.07) is 17.1. The van der Waals surface area contributed by atoms with Crippen LogP contribution in [0.25, 0.3) is 0 Å². The van der Waals surface area contributed by atoms with Gasteiger partial charge in [0.2, 0.25) is 0 Å². The topological polar surface area (TPSA) is 55.1 Å². The van der Waals surface area contributed by atoms with Crippen LogP contribution in [0.3, 0.4) is 0 Å². The molecule has 0 fully saturated rings. The molecule has 0 aliphatic rings. The molecule has 2 aromatic rings. The third-order valence-corrected chi connectivity index (χ3v) is 2.75. The highest BCUT2D eigenvalue weighted by atomic mass is 16.1. The van der Waals surface area contributed by atoms with Crippen LogP contribution in [0, 0.1) is 0 Å². The van der Waals surface area contributed by atoms with E-state index in [1.54, 1.807) is 12.1 Å². The van der Waals surface area contributed by atoms with Crippen LogP contribution < -0.4 is 11.1 Å². The number of benzene rings is 2. The van der Waals surface area contributed by atoms with E-state index in [9.17, 15) is 4.79 Å². The van der Waals surface area contributed by atoms with E-state index >= 15 is 0 Å². The molecule has 0 radical (unpaired) electrons. The van der Waals surface area contributed by atoms with Gasteiger partial charge < -0.3 is 11.1 Å². The Morgan fingerprint density at radius 1 is 0.944 bits per heavy atom. The Hall–Kier alpha value is -2.13. The van der Waals surface area contributed by atoms with Gasteiger partial charge >= 0.3 is 0 Å². The average molecular weight is 240 g/mol. The maximum absolute atomic E-state index is 11.8. The van der Waals surface area contributed by atoms with Gasteiger partial charge in [-0.05, 0) is 23.3 Å². The van der Waals surface area contributed by atoms with Crippen molar-refractivity contribution in [2.75, 3.05) is 0 Å². The van der Waals surface area contributed by atoms with Gasteiger partial charge in [0.25, 0.3) is 5.91 Å². The molecule has 3 N–H and O–H groups in total. The summed E-state index contributed by atoms with van der Waals surface area (Å²) in [5.41, 5.74) is 8.36. The number of amides is 1. The monoisotopic (exact) mass is 240 g/mol. The minimum absolute atomic E-state index is 0.0569. The van der Waals surface area contributed by atoms with Gasteiger partial charge in [0, 0.05) is 18.7 Å². The van der Waals surface area contributed by atoms with E-state index in [0.717, 1.165) is 11.1 Å². The van der Waals surface area contributed by atoms with Crippen LogP contribution in [-0.2, 0) is 13.1 Å². The molecule has 2 rings (SSSR count). The normalized spacial score (nSPS) is 10.1. The SMILES string of the molecule is NCc1ccc(CNC(=O)c2ccccc2)cc1. The second-order valence-electron chi connectivity index (χ2n) is 4.07. The lowest BCUT2D eigenvalue weighted by Gasteiger charge is -2.06. The summed E-state index contributed by atoms with van der Waals surface area (Å²) in [6.07, 6.45) is 0. The van der Waals surface area contributed by atoms with Crippen LogP contribution >= 0.6 is 0 Å². The van der Waals surface area contributed by atoms with Gasteiger partial charge in [-0.2, -0.15) is 0 Å². The standard InChI is InChI=1S/C15H16N2O/c16-10-12-6-8-13(9-7-12)11-17-15(18)14-4-2-1-3-5-14/h1-9H,10-11,16H2,(H,17,18). The van der Waals surface area contributed by atoms with Gasteiger partial charge in [-0.1, -0.05) is 42.5 Å². The fourth-order valence-electron chi connectivity index (χ4n) is 1.67. The van der Waals surface area contributed by atoms with Gasteiger partial charge in [0.15, 0.2) is 0 Å². The molecular formula is C15H16N2O. The lowest BCUT2D eigenvalue weighted by Crippen LogP contribution is -2.22. The average Bonchev–Trinajstić information content (AvgIpc) is 2.46. The summed E-state index contributed by atoms with van der Waals surface area (Å²) in [6.45, 7) is 1.06. The largest absolute Gasteiger partial charge is 0.348 e. The summed E-state index contributed by atoms with van der Waals surface area (Å²) in [7, 11) is 0. The van der Waals surface area contributed by atoms with Gasteiger partial charge in [0.1, 0.15) is 0 Å². The van der Waals surface area contributed by atoms with Crippen LogP contribution in [0.15, 0.2) is 54.6 Å². The van der Waals surface area contributed by atoms with E-state index in [1.807, 2.05) is 42.5 Å². The summed E-state index contributed by atoms with van der Waals surface area (Å²) in [5, 5.41) is 2.88. The molecule has 0 aromatic heterocycles. The summed E-state index contributed by atoms with van der Waals surface area (Å²) in [5.74, 6) is -0.0569. The smallest absolute Gasteiger partial charge is 0.251 e. The van der Waals surface area contributed by atoms with Crippen LogP contribution in [0.2, 0.25) is 0 Å². The highest BCUT2D eigenvalue weighted by molar-refractivity contribution is 5.94. The lowest BCUT2D eigenvalue weighted by molar-refractivity contribution is 0.0951. The number of hydrogen-bond donors (Lipinski definition) is 2. The number of rotatable bonds is 4. The molecule has 2 aromatic carbocycles. The van der Waals surface area contributed by atoms with E-state index < -0.39 is 0 Å². The molecule has 0 saturated heterocycles. The molecule has 3 heteroatoms. The maximum atomic E-state index is 11.8. The number of hydrogen-bond acceptors (Lipinski definition) is 2. The van der Waals surface area contributed by atoms with Crippen LogP contribution in [0.5, 0.6) is 0 Å². The van der Waals surface area contributed by atoms with Crippen molar-refractivity contribution >= 4 is 5.91 Å². The molecule has 0 unspecified atom stereocenters. The van der Waals surface area contributed by atoms with E-state index in [1.165, 1.54) is 0 Å². The molecule has 0 aliphatic carbocycles. The fourth-order valence-corrected chi connectivity index (χ4v) is 1.67. The Morgan fingerprint density at radius 3 is 2.17 bits per heavy atom. The van der Waals surface area contributed by atoms with Crippen molar-refractivity contribution in [3.63, 3.8) is 0 Å². The minimum Gasteiger partial charge on any atom is -0.348 e. The Bertz CT molecular complexity index is 506. The number of carbonyl (C=O) groups is 1. The van der Waals surface area contributed by atoms with Gasteiger partial charge in [-0.3, -0.25) is 4.79 Å². The lowest BCUT2D eigenvalue weighted by atomic mass is 10.1. The van der Waals surface area contributed by atoms with Crippen LogP contribution in [-0.4, -0.2) is 5.91 Å². The fraction of sp³-hybridized carbons (Fsp3) is 0.133. The van der Waals surface area contributed by atoms with Crippen LogP contribution in [0.1, 0.15) is 21.5 Å². The van der Waals surface area contributed by atoms with E-state index in [0.29, 0.717) is 18.7 Å². The molecule has 0 aliphatic heterocycles. The third kappa shape index (κ3) is 3.18. The Morgan fingerprint density at radius 2 is 1.56 bits per heavy atom. The van der Waals surface area contributed by atoms with E-state index in [2.05, 4.69) is 5.32 Å². The van der Waals surface area contributed by atoms with Crippen molar-refractivity contribution in [3.8, 4) is 0 Å². The molecule has 0 bridgehead atoms. The van der Waals surface area contributed by atoms with E-state index in [-0.39, 0.29) is 5.91 Å². The zero-order valence-corrected chi connectivity index (χ0v) is 10.1. The quantitative estimate of drug-likeness (QED) is 0.859. The van der Waals surface area contributed by atoms with Crippen molar-refractivity contribution in [1.29, 1.82) is 0 Å². The third-order valence-electron chi connectivity index (χ3n) is 2.75. The van der Waals surface area contributed by atoms with Gasteiger partial charge in [-0.15, -0.1) is 0 Å². The van der Waals surface area contributed by atoms with Gasteiger partial charge in [0.05, 0.1) is 0 Å². The van der Waals surface area contributed by atoms with Gasteiger partial charge in [-0.25, -0.2) is 0 Å². The predicted molar refractivity (Wildman–Crippen MR) is 71.9 cm³/mol. The van der Waals surface area contributed by atoms with Crippen molar-refractivity contribution in [2.45, 2.75) is 13.1 Å². The van der Waals surface area contributed by atoms with Crippen molar-refractivity contribution in [1.82, 2.24) is 5.32 Å². The first-order valence-corrected chi connectivity index (χ1v) is 5.91. The zero-order chi connectivity index (χ0) is 12.8. The van der Waals surface area contributed by atoms with Crippen LogP contribution in [0.4, 0.5) is 0 Å². The number of carbonyl (C=O) groups excluding carboxylic acids is 1. The van der Waals surface area contributed by atoms with Crippen molar-refractivity contribution in [2.24, 2.45) is 5.73 Å². The molecule has 0 saturated carbocycles. The Kier molecular flexibility index (Phi) is 4.10. The number of nitrogens with two attached hydrogens (primary N) is 1. The molecule has 0 atom stereocenters. The number of nitrogens with one attached hydrogen (secondary N) is 1. The summed E-state index contributed by atoms with van der Waals surface area (Å²) >= 11 is 0. The Labute approximate surface area is 107 Å². The second kappa shape index (κ2) is 5.98. The molecule has 1 amide bonds. The minimum atomic E-state index is -0.0569. The predicted octanol–water partition coefficient (Wildman–Crippen LogP) is 2.08. The molecule has 92 valence electrons. The summed E-state index contributed by atoms with van der Waals surface area (Å²) in [4.78, 5) is 11.8. The molecular weight excluding hydrogens is 224 g/mol. The molecule has 3 nitrogen and oxygen atoms in total. The molecule has 0 spiro atoms. The molecule has 0 heterocycles. The Balaban J connectivity index is 1.93. The highest BCUT2D eigenvalue weighted by Crippen LogP contribution is 2.04. The van der Waals surface area contributed by atoms with E-state index in [4.69, 9.17) is 5.73 Å². The molecule has 18 heavy (non-hydrogen) atoms. The summed E-state index contributed by atoms with van der Waals surface area (Å²) < 4.78 is 0. The highest BCUT2D eigenvalue weighted by Gasteiger charge is 2.03. The first-order chi connectivity index (χ1) is 8.79. The van der Waals surface area contributed by atoms with Crippen molar-refractivity contribution in [3.05, 3.63) is 71.3 Å². The second-order valence-corrected chi connectivity index (χ2v) is 4.07. The first-order valence-electron chi connectivity index (χ1n) is 5.91. The zero-order valence-electron chi connectivity index (χ0n) is 10.1.